The number of benzene rings is 1. The summed E-state index contributed by atoms with van der Waals surface area (Å²) in [5, 5.41) is 1.97. The number of likely N-dealkylation sites (tertiary alicyclic amines) is 1. The summed E-state index contributed by atoms with van der Waals surface area (Å²) >= 11 is 3.19. The molecular formula is C18H21FN2OS2. The first-order valence-electron chi connectivity index (χ1n) is 8.19. The van der Waals surface area contributed by atoms with Crippen molar-refractivity contribution in [3.63, 3.8) is 0 Å². The molecule has 0 unspecified atom stereocenters. The Hall–Kier alpha value is -1.40. The molecule has 0 bridgehead atoms. The number of aromatic nitrogens is 1. The van der Waals surface area contributed by atoms with Gasteiger partial charge in [-0.15, -0.1) is 11.3 Å². The SMILES string of the molecule is CC1CCN(C(=O)Cc2csc(SCc3ccc(F)cc3)n2)CC1. The van der Waals surface area contributed by atoms with E-state index in [1.807, 2.05) is 10.3 Å². The van der Waals surface area contributed by atoms with Crippen molar-refractivity contribution in [3.8, 4) is 0 Å². The molecule has 3 nitrogen and oxygen atoms in total. The van der Waals surface area contributed by atoms with Crippen LogP contribution in [0, 0.1) is 11.7 Å². The van der Waals surface area contributed by atoms with Crippen LogP contribution in [0.2, 0.25) is 0 Å². The first-order valence-corrected chi connectivity index (χ1v) is 10.1. The molecular weight excluding hydrogens is 343 g/mol. The predicted molar refractivity (Wildman–Crippen MR) is 96.8 cm³/mol. The van der Waals surface area contributed by atoms with Gasteiger partial charge >= 0.3 is 0 Å². The van der Waals surface area contributed by atoms with Gasteiger partial charge in [0.2, 0.25) is 5.91 Å². The van der Waals surface area contributed by atoms with Gasteiger partial charge in [0.1, 0.15) is 10.2 Å². The van der Waals surface area contributed by atoms with E-state index in [0.717, 1.165) is 53.2 Å². The summed E-state index contributed by atoms with van der Waals surface area (Å²) in [6.07, 6.45) is 2.59. The van der Waals surface area contributed by atoms with Gasteiger partial charge in [-0.25, -0.2) is 9.37 Å². The van der Waals surface area contributed by atoms with E-state index in [-0.39, 0.29) is 11.7 Å². The Morgan fingerprint density at radius 3 is 2.75 bits per heavy atom. The Morgan fingerprint density at radius 2 is 2.04 bits per heavy atom. The van der Waals surface area contributed by atoms with Crippen molar-refractivity contribution >= 4 is 29.0 Å². The zero-order valence-electron chi connectivity index (χ0n) is 13.7. The number of halogens is 1. The van der Waals surface area contributed by atoms with Gasteiger partial charge in [0.15, 0.2) is 0 Å². The molecule has 0 radical (unpaired) electrons. The van der Waals surface area contributed by atoms with E-state index in [4.69, 9.17) is 0 Å². The molecule has 2 aromatic rings. The monoisotopic (exact) mass is 364 g/mol. The van der Waals surface area contributed by atoms with Crippen molar-refractivity contribution in [2.24, 2.45) is 5.92 Å². The molecule has 6 heteroatoms. The van der Waals surface area contributed by atoms with Gasteiger partial charge < -0.3 is 4.90 Å². The second-order valence-electron chi connectivity index (χ2n) is 6.26. The number of carbonyl (C=O) groups excluding carboxylic acids is 1. The number of nitrogens with zero attached hydrogens (tertiary/aromatic N) is 2. The van der Waals surface area contributed by atoms with Crippen LogP contribution in [0.3, 0.4) is 0 Å². The number of thiazole rings is 1. The van der Waals surface area contributed by atoms with Crippen LogP contribution >= 0.6 is 23.1 Å². The molecule has 0 aliphatic carbocycles. The van der Waals surface area contributed by atoms with E-state index in [0.29, 0.717) is 6.42 Å². The maximum atomic E-state index is 12.9. The molecule has 1 amide bonds. The van der Waals surface area contributed by atoms with Gasteiger partial charge in [0.25, 0.3) is 0 Å². The van der Waals surface area contributed by atoms with Crippen molar-refractivity contribution in [1.82, 2.24) is 9.88 Å². The predicted octanol–water partition coefficient (Wildman–Crippen LogP) is 4.38. The third-order valence-corrected chi connectivity index (χ3v) is 6.42. The minimum atomic E-state index is -0.217. The summed E-state index contributed by atoms with van der Waals surface area (Å²) in [6.45, 7) is 3.99. The summed E-state index contributed by atoms with van der Waals surface area (Å²) in [5.74, 6) is 1.45. The van der Waals surface area contributed by atoms with Crippen molar-refractivity contribution < 1.29 is 9.18 Å². The van der Waals surface area contributed by atoms with E-state index < -0.39 is 0 Å². The van der Waals surface area contributed by atoms with Crippen LogP contribution in [0.25, 0.3) is 0 Å². The molecule has 24 heavy (non-hydrogen) atoms. The van der Waals surface area contributed by atoms with Gasteiger partial charge in [-0.05, 0) is 36.5 Å². The highest BCUT2D eigenvalue weighted by Crippen LogP contribution is 2.27. The highest BCUT2D eigenvalue weighted by Gasteiger charge is 2.21. The maximum Gasteiger partial charge on any atom is 0.228 e. The van der Waals surface area contributed by atoms with E-state index in [1.165, 1.54) is 12.1 Å². The molecule has 0 N–H and O–H groups in total. The lowest BCUT2D eigenvalue weighted by atomic mass is 9.99. The number of hydrogen-bond acceptors (Lipinski definition) is 4. The fourth-order valence-corrected chi connectivity index (χ4v) is 4.49. The highest BCUT2D eigenvalue weighted by atomic mass is 32.2. The normalized spacial score (nSPS) is 15.7. The Labute approximate surface area is 150 Å². The molecule has 1 aromatic carbocycles. The second-order valence-corrected chi connectivity index (χ2v) is 8.34. The van der Waals surface area contributed by atoms with Crippen LogP contribution in [0.15, 0.2) is 34.0 Å². The first-order chi connectivity index (χ1) is 11.6. The molecule has 128 valence electrons. The zero-order valence-corrected chi connectivity index (χ0v) is 15.3. The van der Waals surface area contributed by atoms with Crippen molar-refractivity contribution in [1.29, 1.82) is 0 Å². The van der Waals surface area contributed by atoms with Gasteiger partial charge in [-0.2, -0.15) is 0 Å². The van der Waals surface area contributed by atoms with E-state index >= 15 is 0 Å². The summed E-state index contributed by atoms with van der Waals surface area (Å²) in [6, 6.07) is 6.53. The third kappa shape index (κ3) is 4.80. The highest BCUT2D eigenvalue weighted by molar-refractivity contribution is 8.00. The van der Waals surface area contributed by atoms with Crippen LogP contribution in [0.5, 0.6) is 0 Å². The molecule has 1 aromatic heterocycles. The van der Waals surface area contributed by atoms with Gasteiger partial charge in [0.05, 0.1) is 12.1 Å². The Bertz CT molecular complexity index is 679. The molecule has 3 rings (SSSR count). The van der Waals surface area contributed by atoms with E-state index in [2.05, 4.69) is 11.9 Å². The lowest BCUT2D eigenvalue weighted by molar-refractivity contribution is -0.131. The molecule has 1 aliphatic heterocycles. The minimum absolute atomic E-state index is 0.183. The topological polar surface area (TPSA) is 33.2 Å². The molecule has 1 saturated heterocycles. The molecule has 0 saturated carbocycles. The van der Waals surface area contributed by atoms with E-state index in [9.17, 15) is 9.18 Å². The summed E-state index contributed by atoms with van der Waals surface area (Å²) in [5.41, 5.74) is 1.92. The largest absolute Gasteiger partial charge is 0.342 e. The lowest BCUT2D eigenvalue weighted by Gasteiger charge is -2.30. The quantitative estimate of drug-likeness (QED) is 0.739. The Kier molecular flexibility index (Phi) is 5.89. The standard InChI is InChI=1S/C18H21FN2OS2/c1-13-6-8-21(9-7-13)17(22)10-16-12-24-18(20-16)23-11-14-2-4-15(19)5-3-14/h2-5,12-13H,6-11H2,1H3. The number of amides is 1. The smallest absolute Gasteiger partial charge is 0.228 e. The Balaban J connectivity index is 1.50. The van der Waals surface area contributed by atoms with Crippen LogP contribution in [-0.2, 0) is 17.0 Å². The minimum Gasteiger partial charge on any atom is -0.342 e. The molecule has 0 spiro atoms. The lowest BCUT2D eigenvalue weighted by Crippen LogP contribution is -2.38. The number of thioether (sulfide) groups is 1. The molecule has 1 fully saturated rings. The number of hydrogen-bond donors (Lipinski definition) is 0. The average Bonchev–Trinajstić information content (AvgIpc) is 3.02. The number of carbonyl (C=O) groups is 1. The van der Waals surface area contributed by atoms with Crippen LogP contribution in [0.1, 0.15) is 31.0 Å². The molecule has 0 atom stereocenters. The second kappa shape index (κ2) is 8.12. The first kappa shape index (κ1) is 17.4. The summed E-state index contributed by atoms with van der Waals surface area (Å²) < 4.78 is 13.8. The van der Waals surface area contributed by atoms with Gasteiger partial charge in [-0.1, -0.05) is 30.8 Å². The van der Waals surface area contributed by atoms with Gasteiger partial charge in [-0.3, -0.25) is 4.79 Å². The maximum absolute atomic E-state index is 12.9. The Morgan fingerprint density at radius 1 is 1.33 bits per heavy atom. The molecule has 2 heterocycles. The third-order valence-electron chi connectivity index (χ3n) is 4.27. The van der Waals surface area contributed by atoms with Crippen LogP contribution in [0.4, 0.5) is 4.39 Å². The van der Waals surface area contributed by atoms with Crippen molar-refractivity contribution in [2.45, 2.75) is 36.3 Å². The zero-order chi connectivity index (χ0) is 16.9. The van der Waals surface area contributed by atoms with Crippen molar-refractivity contribution in [3.05, 3.63) is 46.7 Å². The molecule has 1 aliphatic rings. The van der Waals surface area contributed by atoms with E-state index in [1.54, 1.807) is 35.2 Å². The number of piperidine rings is 1. The summed E-state index contributed by atoms with van der Waals surface area (Å²) in [4.78, 5) is 18.9. The number of rotatable bonds is 5. The summed E-state index contributed by atoms with van der Waals surface area (Å²) in [7, 11) is 0. The van der Waals surface area contributed by atoms with Crippen LogP contribution in [-0.4, -0.2) is 28.9 Å². The van der Waals surface area contributed by atoms with Crippen molar-refractivity contribution in [2.75, 3.05) is 13.1 Å². The average molecular weight is 365 g/mol. The van der Waals surface area contributed by atoms with Crippen LogP contribution < -0.4 is 0 Å². The fraction of sp³-hybridized carbons (Fsp3) is 0.444. The van der Waals surface area contributed by atoms with Gasteiger partial charge in [0, 0.05) is 24.2 Å². The fourth-order valence-electron chi connectivity index (χ4n) is 2.69.